The lowest BCUT2D eigenvalue weighted by molar-refractivity contribution is -0.115. The minimum Gasteiger partial charge on any atom is -0.383 e. The SMILES string of the molecule is C/C(=N\N=C1/SCC(=O)N1c1ccccc1C(C)C)c1ccc(C(N)=NC=Nc2ccc(OF)cc2)cc1. The third-order valence-corrected chi connectivity index (χ3v) is 6.69. The smallest absolute Gasteiger partial charge is 0.243 e. The lowest BCUT2D eigenvalue weighted by atomic mass is 10.0. The van der Waals surface area contributed by atoms with Gasteiger partial charge in [0.25, 0.3) is 0 Å². The highest BCUT2D eigenvalue weighted by atomic mass is 32.2. The summed E-state index contributed by atoms with van der Waals surface area (Å²) in [6.45, 7) is 6.06. The zero-order valence-corrected chi connectivity index (χ0v) is 22.0. The minimum absolute atomic E-state index is 0.0110. The van der Waals surface area contributed by atoms with Crippen LogP contribution in [-0.2, 0) is 4.79 Å². The summed E-state index contributed by atoms with van der Waals surface area (Å²) in [6.07, 6.45) is 1.33. The van der Waals surface area contributed by atoms with E-state index < -0.39 is 0 Å². The van der Waals surface area contributed by atoms with Crippen molar-refractivity contribution in [2.24, 2.45) is 25.9 Å². The van der Waals surface area contributed by atoms with Gasteiger partial charge in [-0.25, -0.2) is 9.98 Å². The second-order valence-corrected chi connectivity index (χ2v) is 9.65. The molecule has 1 saturated heterocycles. The number of benzene rings is 3. The second kappa shape index (κ2) is 12.3. The predicted molar refractivity (Wildman–Crippen MR) is 154 cm³/mol. The van der Waals surface area contributed by atoms with Gasteiger partial charge in [-0.1, -0.05) is 68.1 Å². The largest absolute Gasteiger partial charge is 0.383 e. The molecule has 8 nitrogen and oxygen atoms in total. The molecule has 3 aromatic rings. The van der Waals surface area contributed by atoms with Gasteiger partial charge in [-0.05, 0) is 54.3 Å². The van der Waals surface area contributed by atoms with Gasteiger partial charge >= 0.3 is 0 Å². The lowest BCUT2D eigenvalue weighted by Crippen LogP contribution is -2.30. The maximum Gasteiger partial charge on any atom is 0.243 e. The zero-order chi connectivity index (χ0) is 27.1. The topological polar surface area (TPSA) is 105 Å². The molecule has 0 spiro atoms. The van der Waals surface area contributed by atoms with Gasteiger partial charge in [0, 0.05) is 10.1 Å². The van der Waals surface area contributed by atoms with Gasteiger partial charge in [-0.2, -0.15) is 5.10 Å². The van der Waals surface area contributed by atoms with E-state index in [0.29, 0.717) is 33.7 Å². The first-order valence-corrected chi connectivity index (χ1v) is 12.9. The number of hydrogen-bond donors (Lipinski definition) is 1. The van der Waals surface area contributed by atoms with Crippen molar-refractivity contribution in [3.63, 3.8) is 0 Å². The van der Waals surface area contributed by atoms with E-state index in [0.717, 1.165) is 16.8 Å². The van der Waals surface area contributed by atoms with Crippen molar-refractivity contribution < 1.29 is 14.3 Å². The molecule has 0 atom stereocenters. The van der Waals surface area contributed by atoms with Gasteiger partial charge in [-0.3, -0.25) is 14.6 Å². The Labute approximate surface area is 224 Å². The number of carbonyl (C=O) groups is 1. The Bertz CT molecular complexity index is 1420. The first kappa shape index (κ1) is 26.7. The number of hydrogen-bond acceptors (Lipinski definition) is 6. The summed E-state index contributed by atoms with van der Waals surface area (Å²) < 4.78 is 12.1. The van der Waals surface area contributed by atoms with Crippen molar-refractivity contribution >= 4 is 52.1 Å². The molecule has 2 N–H and O–H groups in total. The Morgan fingerprint density at radius 1 is 1.05 bits per heavy atom. The number of nitrogens with two attached hydrogens (primary N) is 1. The van der Waals surface area contributed by atoms with Gasteiger partial charge in [-0.15, -0.1) is 5.10 Å². The molecule has 1 fully saturated rings. The van der Waals surface area contributed by atoms with E-state index in [4.69, 9.17) is 5.73 Å². The van der Waals surface area contributed by atoms with Crippen molar-refractivity contribution in [2.45, 2.75) is 26.7 Å². The summed E-state index contributed by atoms with van der Waals surface area (Å²) in [5.74, 6) is 0.970. The first-order chi connectivity index (χ1) is 18.4. The lowest BCUT2D eigenvalue weighted by Gasteiger charge is -2.21. The number of rotatable bonds is 8. The highest BCUT2D eigenvalue weighted by Crippen LogP contribution is 2.33. The second-order valence-electron chi connectivity index (χ2n) is 8.71. The van der Waals surface area contributed by atoms with Crippen LogP contribution in [0.3, 0.4) is 0 Å². The molecular weight excluding hydrogens is 503 g/mol. The molecule has 38 heavy (non-hydrogen) atoms. The van der Waals surface area contributed by atoms with E-state index in [2.05, 4.69) is 39.0 Å². The van der Waals surface area contributed by atoms with Crippen LogP contribution < -0.4 is 15.6 Å². The molecule has 4 rings (SSSR count). The molecule has 10 heteroatoms. The molecule has 1 aliphatic heterocycles. The standard InChI is InChI=1S/C28H27FN6O2S/c1-18(2)24-6-4-5-7-25(24)35-26(36)16-38-28(35)34-33-19(3)20-8-10-21(11-9-20)27(30)32-17-31-22-12-14-23(37-29)15-13-22/h4-15,17-18H,16H2,1-3H3,(H2,30,31,32)/b33-19+,34-28-. The molecule has 194 valence electrons. The Morgan fingerprint density at radius 3 is 2.42 bits per heavy atom. The van der Waals surface area contributed by atoms with Crippen LogP contribution in [0.25, 0.3) is 0 Å². The molecule has 0 unspecified atom stereocenters. The monoisotopic (exact) mass is 530 g/mol. The molecule has 0 aromatic heterocycles. The van der Waals surface area contributed by atoms with Crippen LogP contribution in [0.2, 0.25) is 0 Å². The van der Waals surface area contributed by atoms with Gasteiger partial charge < -0.3 is 5.73 Å². The fourth-order valence-corrected chi connectivity index (χ4v) is 4.54. The van der Waals surface area contributed by atoms with Crippen molar-refractivity contribution in [3.8, 4) is 5.75 Å². The molecule has 1 heterocycles. The van der Waals surface area contributed by atoms with E-state index in [-0.39, 0.29) is 17.6 Å². The van der Waals surface area contributed by atoms with E-state index in [1.807, 2.05) is 55.5 Å². The number of para-hydroxylation sites is 1. The quantitative estimate of drug-likeness (QED) is 0.219. The summed E-state index contributed by atoms with van der Waals surface area (Å²) in [7, 11) is 0. The van der Waals surface area contributed by atoms with Crippen LogP contribution in [0.1, 0.15) is 43.4 Å². The van der Waals surface area contributed by atoms with E-state index in [1.165, 1.54) is 30.2 Å². The van der Waals surface area contributed by atoms with E-state index in [9.17, 15) is 9.32 Å². The summed E-state index contributed by atoms with van der Waals surface area (Å²) in [5.41, 5.74) is 10.9. The normalized spacial score (nSPS) is 15.8. The number of amides is 1. The van der Waals surface area contributed by atoms with Gasteiger partial charge in [0.05, 0.1) is 22.8 Å². The average molecular weight is 531 g/mol. The minimum atomic E-state index is -0.0110. The number of anilines is 1. The fraction of sp³-hybridized carbons (Fsp3) is 0.179. The van der Waals surface area contributed by atoms with Crippen LogP contribution in [0.5, 0.6) is 5.75 Å². The first-order valence-electron chi connectivity index (χ1n) is 11.9. The zero-order valence-electron chi connectivity index (χ0n) is 21.2. The Hall–Kier alpha value is -4.31. The van der Waals surface area contributed by atoms with E-state index in [1.54, 1.807) is 17.0 Å². The van der Waals surface area contributed by atoms with Crippen LogP contribution >= 0.6 is 11.8 Å². The molecule has 1 aliphatic rings. The average Bonchev–Trinajstić information content (AvgIpc) is 3.31. The number of halogens is 1. The van der Waals surface area contributed by atoms with Crippen LogP contribution in [0.4, 0.5) is 15.9 Å². The van der Waals surface area contributed by atoms with Crippen LogP contribution in [-0.4, -0.2) is 34.7 Å². The summed E-state index contributed by atoms with van der Waals surface area (Å²) in [4.78, 5) is 26.3. The summed E-state index contributed by atoms with van der Waals surface area (Å²) >= 11 is 1.38. The molecule has 0 aliphatic carbocycles. The Balaban J connectivity index is 1.47. The highest BCUT2D eigenvalue weighted by Gasteiger charge is 2.31. The number of thioether (sulfide) groups is 1. The number of carbonyl (C=O) groups excluding carboxylic acids is 1. The Morgan fingerprint density at radius 2 is 1.74 bits per heavy atom. The van der Waals surface area contributed by atoms with Gasteiger partial charge in [0.2, 0.25) is 5.91 Å². The van der Waals surface area contributed by atoms with Crippen molar-refractivity contribution in [2.75, 3.05) is 10.7 Å². The molecular formula is C28H27FN6O2S. The molecule has 0 saturated carbocycles. The summed E-state index contributed by atoms with van der Waals surface area (Å²) in [6, 6.07) is 21.4. The van der Waals surface area contributed by atoms with Crippen molar-refractivity contribution in [1.29, 1.82) is 0 Å². The maximum atomic E-state index is 12.7. The fourth-order valence-electron chi connectivity index (χ4n) is 3.73. The molecule has 0 radical (unpaired) electrons. The third-order valence-electron chi connectivity index (χ3n) is 5.78. The van der Waals surface area contributed by atoms with Crippen LogP contribution in [0.15, 0.2) is 93.0 Å². The van der Waals surface area contributed by atoms with Crippen molar-refractivity contribution in [3.05, 3.63) is 89.5 Å². The van der Waals surface area contributed by atoms with E-state index >= 15 is 0 Å². The Kier molecular flexibility index (Phi) is 8.65. The third kappa shape index (κ3) is 6.33. The van der Waals surface area contributed by atoms with Gasteiger partial charge in [0.1, 0.15) is 12.2 Å². The van der Waals surface area contributed by atoms with Crippen LogP contribution in [0, 0.1) is 0 Å². The van der Waals surface area contributed by atoms with Crippen molar-refractivity contribution in [1.82, 2.24) is 0 Å². The molecule has 0 bridgehead atoms. The van der Waals surface area contributed by atoms with Gasteiger partial charge in [0.15, 0.2) is 10.9 Å². The summed E-state index contributed by atoms with van der Waals surface area (Å²) in [5, 5.41) is 9.39. The highest BCUT2D eigenvalue weighted by molar-refractivity contribution is 8.15. The predicted octanol–water partition coefficient (Wildman–Crippen LogP) is 6.00. The number of aliphatic imine (C=N–C) groups is 2. The number of amidine groups is 2. The molecule has 3 aromatic carbocycles. The maximum absolute atomic E-state index is 12.7. The number of nitrogens with zero attached hydrogens (tertiary/aromatic N) is 5. The molecule has 1 amide bonds.